The van der Waals surface area contributed by atoms with Crippen LogP contribution in [-0.4, -0.2) is 50.1 Å². The Morgan fingerprint density at radius 3 is 2.64 bits per heavy atom. The second-order valence-electron chi connectivity index (χ2n) is 6.97. The molecule has 2 fully saturated rings. The van der Waals surface area contributed by atoms with Gasteiger partial charge < -0.3 is 10.6 Å². The summed E-state index contributed by atoms with van der Waals surface area (Å²) in [5, 5.41) is 7.12. The molecule has 5 heteroatoms. The molecule has 2 unspecified atom stereocenters. The summed E-state index contributed by atoms with van der Waals surface area (Å²) in [6.45, 7) is 8.11. The van der Waals surface area contributed by atoms with Gasteiger partial charge in [-0.2, -0.15) is 0 Å². The molecule has 1 heterocycles. The van der Waals surface area contributed by atoms with E-state index in [4.69, 9.17) is 0 Å². The maximum absolute atomic E-state index is 4.40. The lowest BCUT2D eigenvalue weighted by Gasteiger charge is -2.32. The van der Waals surface area contributed by atoms with Crippen LogP contribution in [0.4, 0.5) is 0 Å². The molecule has 0 aromatic heterocycles. The van der Waals surface area contributed by atoms with Gasteiger partial charge in [0.25, 0.3) is 0 Å². The summed E-state index contributed by atoms with van der Waals surface area (Å²) < 4.78 is 0. The van der Waals surface area contributed by atoms with Gasteiger partial charge in [-0.3, -0.25) is 9.89 Å². The van der Waals surface area contributed by atoms with Crippen LogP contribution in [0.3, 0.4) is 0 Å². The first-order chi connectivity index (χ1) is 11.8. The van der Waals surface area contributed by atoms with E-state index in [9.17, 15) is 0 Å². The maximum atomic E-state index is 4.40. The van der Waals surface area contributed by atoms with Crippen LogP contribution in [-0.2, 0) is 0 Å². The number of halogens is 1. The smallest absolute Gasteiger partial charge is 0.191 e. The number of nitrogens with one attached hydrogen (secondary N) is 2. The van der Waals surface area contributed by atoms with Crippen molar-refractivity contribution in [3.63, 3.8) is 0 Å². The molecule has 1 saturated carbocycles. The highest BCUT2D eigenvalue weighted by Gasteiger charge is 2.37. The Balaban J connectivity index is 0.00000225. The minimum atomic E-state index is 0. The molecule has 0 amide bonds. The Morgan fingerprint density at radius 1 is 1.28 bits per heavy atom. The van der Waals surface area contributed by atoms with Gasteiger partial charge in [0.1, 0.15) is 0 Å². The predicted octanol–water partition coefficient (Wildman–Crippen LogP) is 3.22. The number of benzene rings is 1. The molecule has 0 spiro atoms. The molecule has 2 N–H and O–H groups in total. The van der Waals surface area contributed by atoms with E-state index in [-0.39, 0.29) is 24.0 Å². The van der Waals surface area contributed by atoms with Crippen molar-refractivity contribution < 1.29 is 0 Å². The average molecular weight is 454 g/mol. The summed E-state index contributed by atoms with van der Waals surface area (Å²) in [6.07, 6.45) is 5.62. The lowest BCUT2D eigenvalue weighted by Crippen LogP contribution is -2.49. The lowest BCUT2D eigenvalue weighted by atomic mass is 10.1. The van der Waals surface area contributed by atoms with Crippen LogP contribution in [0.1, 0.15) is 30.7 Å². The summed E-state index contributed by atoms with van der Waals surface area (Å²) in [7, 11) is 1.86. The minimum Gasteiger partial charge on any atom is -0.356 e. The number of aliphatic imine (C=N–C) groups is 1. The molecule has 25 heavy (non-hydrogen) atoms. The van der Waals surface area contributed by atoms with Crippen LogP contribution < -0.4 is 10.6 Å². The first kappa shape index (κ1) is 20.2. The van der Waals surface area contributed by atoms with E-state index in [0.29, 0.717) is 6.04 Å². The van der Waals surface area contributed by atoms with E-state index >= 15 is 0 Å². The van der Waals surface area contributed by atoms with Gasteiger partial charge in [-0.1, -0.05) is 36.4 Å². The lowest BCUT2D eigenvalue weighted by molar-refractivity contribution is 0.225. The Kier molecular flexibility index (Phi) is 8.22. The summed E-state index contributed by atoms with van der Waals surface area (Å²) in [5.74, 6) is 2.41. The van der Waals surface area contributed by atoms with Crippen LogP contribution in [0, 0.1) is 5.92 Å². The highest BCUT2D eigenvalue weighted by atomic mass is 127. The Bertz CT molecular complexity index is 552. The zero-order chi connectivity index (χ0) is 16.8. The molecule has 4 nitrogen and oxygen atoms in total. The fourth-order valence-electron chi connectivity index (χ4n) is 3.64. The van der Waals surface area contributed by atoms with E-state index in [1.165, 1.54) is 24.8 Å². The van der Waals surface area contributed by atoms with Crippen molar-refractivity contribution in [2.24, 2.45) is 10.9 Å². The third-order valence-electron chi connectivity index (χ3n) is 5.22. The van der Waals surface area contributed by atoms with E-state index in [1.807, 2.05) is 13.1 Å². The molecular formula is C20H31IN4. The third kappa shape index (κ3) is 5.99. The Hall–Kier alpha value is -1.08. The molecular weight excluding hydrogens is 423 g/mol. The zero-order valence-electron chi connectivity index (χ0n) is 15.2. The normalized spacial score (nSPS) is 24.3. The SMILES string of the molecule is C=CCN1CCC(NC(=NC)NCC2CC2c2ccccc2)CC1.I. The van der Waals surface area contributed by atoms with E-state index in [0.717, 1.165) is 44.0 Å². The molecule has 1 aromatic carbocycles. The zero-order valence-corrected chi connectivity index (χ0v) is 17.5. The topological polar surface area (TPSA) is 39.7 Å². The number of likely N-dealkylation sites (tertiary alicyclic amines) is 1. The molecule has 2 aliphatic rings. The van der Waals surface area contributed by atoms with Gasteiger partial charge in [0.15, 0.2) is 5.96 Å². The molecule has 138 valence electrons. The molecule has 0 radical (unpaired) electrons. The van der Waals surface area contributed by atoms with E-state index < -0.39 is 0 Å². The van der Waals surface area contributed by atoms with E-state index in [1.54, 1.807) is 0 Å². The second-order valence-corrected chi connectivity index (χ2v) is 6.97. The van der Waals surface area contributed by atoms with Crippen LogP contribution in [0.5, 0.6) is 0 Å². The standard InChI is InChI=1S/C20H30N4.HI/c1-3-11-24-12-9-18(10-13-24)23-20(21-2)22-15-17-14-19(17)16-7-5-4-6-8-16;/h3-8,17-19H,1,9-15H2,2H3,(H2,21,22,23);1H. The average Bonchev–Trinajstić information content (AvgIpc) is 3.41. The van der Waals surface area contributed by atoms with Crippen molar-refractivity contribution >= 4 is 29.9 Å². The van der Waals surface area contributed by atoms with Gasteiger partial charge in [-0.25, -0.2) is 0 Å². The first-order valence-corrected chi connectivity index (χ1v) is 9.15. The summed E-state index contributed by atoms with van der Waals surface area (Å²) in [5.41, 5.74) is 1.47. The Morgan fingerprint density at radius 2 is 2.00 bits per heavy atom. The predicted molar refractivity (Wildman–Crippen MR) is 117 cm³/mol. The maximum Gasteiger partial charge on any atom is 0.191 e. The minimum absolute atomic E-state index is 0. The monoisotopic (exact) mass is 454 g/mol. The van der Waals surface area contributed by atoms with Crippen molar-refractivity contribution in [1.29, 1.82) is 0 Å². The highest BCUT2D eigenvalue weighted by molar-refractivity contribution is 14.0. The molecule has 1 saturated heterocycles. The number of nitrogens with zero attached hydrogens (tertiary/aromatic N) is 2. The van der Waals surface area contributed by atoms with Crippen LogP contribution in [0.2, 0.25) is 0 Å². The quantitative estimate of drug-likeness (QED) is 0.300. The van der Waals surface area contributed by atoms with Gasteiger partial charge in [0.2, 0.25) is 0 Å². The van der Waals surface area contributed by atoms with Gasteiger partial charge in [-0.05, 0) is 36.7 Å². The summed E-state index contributed by atoms with van der Waals surface area (Å²) >= 11 is 0. The molecule has 1 aromatic rings. The number of rotatable bonds is 6. The fourth-order valence-corrected chi connectivity index (χ4v) is 3.64. The molecule has 1 aliphatic heterocycles. The van der Waals surface area contributed by atoms with Crippen LogP contribution in [0.25, 0.3) is 0 Å². The van der Waals surface area contributed by atoms with Crippen molar-refractivity contribution in [1.82, 2.24) is 15.5 Å². The number of hydrogen-bond acceptors (Lipinski definition) is 2. The number of piperidine rings is 1. The third-order valence-corrected chi connectivity index (χ3v) is 5.22. The van der Waals surface area contributed by atoms with Gasteiger partial charge in [-0.15, -0.1) is 30.6 Å². The van der Waals surface area contributed by atoms with Crippen molar-refractivity contribution in [2.45, 2.75) is 31.2 Å². The van der Waals surface area contributed by atoms with Crippen LogP contribution >= 0.6 is 24.0 Å². The van der Waals surface area contributed by atoms with Gasteiger partial charge in [0.05, 0.1) is 0 Å². The fraction of sp³-hybridized carbons (Fsp3) is 0.550. The first-order valence-electron chi connectivity index (χ1n) is 9.15. The summed E-state index contributed by atoms with van der Waals surface area (Å²) in [4.78, 5) is 6.85. The molecule has 3 rings (SSSR count). The highest BCUT2D eigenvalue weighted by Crippen LogP contribution is 2.46. The number of guanidine groups is 1. The van der Waals surface area contributed by atoms with Crippen molar-refractivity contribution in [3.05, 3.63) is 48.6 Å². The largest absolute Gasteiger partial charge is 0.356 e. The van der Waals surface area contributed by atoms with Crippen molar-refractivity contribution in [3.8, 4) is 0 Å². The number of hydrogen-bond donors (Lipinski definition) is 2. The molecule has 2 atom stereocenters. The van der Waals surface area contributed by atoms with Crippen LogP contribution in [0.15, 0.2) is 48.0 Å². The second kappa shape index (κ2) is 10.2. The summed E-state index contributed by atoms with van der Waals surface area (Å²) in [6, 6.07) is 11.4. The van der Waals surface area contributed by atoms with Crippen molar-refractivity contribution in [2.75, 3.05) is 33.2 Å². The van der Waals surface area contributed by atoms with E-state index in [2.05, 4.69) is 57.4 Å². The molecule has 1 aliphatic carbocycles. The molecule has 0 bridgehead atoms. The Labute approximate surface area is 169 Å². The van der Waals surface area contributed by atoms with Gasteiger partial charge in [0, 0.05) is 39.3 Å². The van der Waals surface area contributed by atoms with Gasteiger partial charge >= 0.3 is 0 Å².